The third kappa shape index (κ3) is 3.75. The minimum absolute atomic E-state index is 0.0144. The topological polar surface area (TPSA) is 85.1 Å². The van der Waals surface area contributed by atoms with Crippen LogP contribution in [-0.4, -0.2) is 18.6 Å². The number of nitrogens with one attached hydrogen (secondary N) is 1. The molecule has 136 valence electrons. The Bertz CT molecular complexity index is 1040. The Morgan fingerprint density at radius 1 is 1.23 bits per heavy atom. The Hall–Kier alpha value is -2.33. The number of halogens is 2. The molecule has 1 aliphatic carbocycles. The minimum Gasteiger partial charge on any atom is -0.333 e. The van der Waals surface area contributed by atoms with Gasteiger partial charge in [-0.3, -0.25) is 4.72 Å². The molecule has 26 heavy (non-hydrogen) atoms. The van der Waals surface area contributed by atoms with Crippen molar-refractivity contribution in [3.63, 3.8) is 0 Å². The van der Waals surface area contributed by atoms with Crippen molar-refractivity contribution in [1.29, 1.82) is 0 Å². The van der Waals surface area contributed by atoms with Crippen LogP contribution in [0.4, 0.5) is 14.5 Å². The monoisotopic (exact) mass is 397 g/mol. The van der Waals surface area contributed by atoms with Crippen LogP contribution in [0.2, 0.25) is 0 Å². The highest BCUT2D eigenvalue weighted by Gasteiger charge is 2.29. The zero-order valence-corrected chi connectivity index (χ0v) is 14.9. The molecule has 4 rings (SSSR count). The van der Waals surface area contributed by atoms with Crippen molar-refractivity contribution in [2.45, 2.75) is 24.5 Å². The number of benzene rings is 1. The smallest absolute Gasteiger partial charge is 0.270 e. The molecule has 0 bridgehead atoms. The first kappa shape index (κ1) is 17.1. The normalized spacial score (nSPS) is 14.5. The number of hydrogen-bond donors (Lipinski definition) is 1. The van der Waals surface area contributed by atoms with Gasteiger partial charge < -0.3 is 4.52 Å². The van der Waals surface area contributed by atoms with E-state index in [-0.39, 0.29) is 17.1 Å². The van der Waals surface area contributed by atoms with Crippen molar-refractivity contribution >= 4 is 27.0 Å². The molecular weight excluding hydrogens is 384 g/mol. The van der Waals surface area contributed by atoms with E-state index in [9.17, 15) is 17.2 Å². The lowest BCUT2D eigenvalue weighted by molar-refractivity contribution is 0.423. The second kappa shape index (κ2) is 6.44. The fraction of sp³-hybridized carbons (Fsp3) is 0.250. The summed E-state index contributed by atoms with van der Waals surface area (Å²) in [6.07, 6.45) is 2.04. The highest BCUT2D eigenvalue weighted by atomic mass is 32.2. The molecule has 1 fully saturated rings. The molecule has 2 heterocycles. The van der Waals surface area contributed by atoms with Crippen LogP contribution in [0.5, 0.6) is 0 Å². The Kier molecular flexibility index (Phi) is 4.23. The van der Waals surface area contributed by atoms with Gasteiger partial charge in [-0.05, 0) is 42.0 Å². The average Bonchev–Trinajstić information content (AvgIpc) is 3.09. The van der Waals surface area contributed by atoms with E-state index in [1.807, 2.05) is 0 Å². The molecule has 0 atom stereocenters. The van der Waals surface area contributed by atoms with E-state index < -0.39 is 27.4 Å². The standard InChI is InChI=1S/C16H13F2N3O3S2/c17-11-5-9(6-12(18)7-11)8-26(22,23)21-13-3-4-25-14(13)16-19-15(20-24-16)10-1-2-10/h3-7,10,21H,1-2,8H2. The number of sulfonamides is 1. The largest absolute Gasteiger partial charge is 0.333 e. The summed E-state index contributed by atoms with van der Waals surface area (Å²) in [5.74, 6) is -1.03. The van der Waals surface area contributed by atoms with Crippen LogP contribution in [0.3, 0.4) is 0 Å². The zero-order valence-electron chi connectivity index (χ0n) is 13.3. The first-order valence-electron chi connectivity index (χ1n) is 7.76. The molecule has 1 saturated carbocycles. The molecule has 0 unspecified atom stereocenters. The third-order valence-corrected chi connectivity index (χ3v) is 5.93. The quantitative estimate of drug-likeness (QED) is 0.682. The lowest BCUT2D eigenvalue weighted by atomic mass is 10.2. The Morgan fingerprint density at radius 3 is 2.65 bits per heavy atom. The van der Waals surface area contributed by atoms with Crippen LogP contribution in [0.1, 0.15) is 30.1 Å². The van der Waals surface area contributed by atoms with Crippen LogP contribution in [0.25, 0.3) is 10.8 Å². The minimum atomic E-state index is -3.89. The Labute approximate surface area is 151 Å². The van der Waals surface area contributed by atoms with E-state index in [1.54, 1.807) is 11.4 Å². The van der Waals surface area contributed by atoms with E-state index >= 15 is 0 Å². The van der Waals surface area contributed by atoms with E-state index in [0.717, 1.165) is 25.0 Å². The second-order valence-corrected chi connectivity index (χ2v) is 8.67. The van der Waals surface area contributed by atoms with Gasteiger partial charge in [0.25, 0.3) is 5.89 Å². The van der Waals surface area contributed by atoms with Crippen LogP contribution >= 0.6 is 11.3 Å². The molecule has 3 aromatic rings. The van der Waals surface area contributed by atoms with Gasteiger partial charge in [0.15, 0.2) is 5.82 Å². The molecule has 0 amide bonds. The predicted molar refractivity (Wildman–Crippen MR) is 92.2 cm³/mol. The summed E-state index contributed by atoms with van der Waals surface area (Å²) >= 11 is 1.26. The maximum Gasteiger partial charge on any atom is 0.270 e. The number of anilines is 1. The summed E-state index contributed by atoms with van der Waals surface area (Å²) in [6.45, 7) is 0. The number of thiophene rings is 1. The summed E-state index contributed by atoms with van der Waals surface area (Å²) in [7, 11) is -3.89. The van der Waals surface area contributed by atoms with Gasteiger partial charge in [-0.1, -0.05) is 5.16 Å². The van der Waals surface area contributed by atoms with E-state index in [4.69, 9.17) is 4.52 Å². The van der Waals surface area contributed by atoms with Gasteiger partial charge in [0, 0.05) is 12.0 Å². The summed E-state index contributed by atoms with van der Waals surface area (Å²) in [5.41, 5.74) is 0.304. The molecule has 0 radical (unpaired) electrons. The number of rotatable bonds is 6. The van der Waals surface area contributed by atoms with Crippen LogP contribution < -0.4 is 4.72 Å². The molecule has 10 heteroatoms. The fourth-order valence-corrected chi connectivity index (χ4v) is 4.52. The zero-order chi connectivity index (χ0) is 18.3. The summed E-state index contributed by atoms with van der Waals surface area (Å²) in [6, 6.07) is 4.23. The van der Waals surface area contributed by atoms with Crippen LogP contribution in [0.15, 0.2) is 34.2 Å². The number of hydrogen-bond acceptors (Lipinski definition) is 6. The molecule has 2 aromatic heterocycles. The van der Waals surface area contributed by atoms with Gasteiger partial charge in [0.1, 0.15) is 16.5 Å². The molecule has 0 aliphatic heterocycles. The first-order valence-corrected chi connectivity index (χ1v) is 10.3. The van der Waals surface area contributed by atoms with Crippen molar-refractivity contribution in [1.82, 2.24) is 10.1 Å². The van der Waals surface area contributed by atoms with Crippen LogP contribution in [-0.2, 0) is 15.8 Å². The molecule has 1 aliphatic rings. The van der Waals surface area contributed by atoms with E-state index in [0.29, 0.717) is 22.7 Å². The molecule has 0 spiro atoms. The van der Waals surface area contributed by atoms with E-state index in [2.05, 4.69) is 14.9 Å². The predicted octanol–water partition coefficient (Wildman–Crippen LogP) is 3.90. The second-order valence-electron chi connectivity index (χ2n) is 6.03. The maximum absolute atomic E-state index is 13.3. The van der Waals surface area contributed by atoms with Gasteiger partial charge in [-0.2, -0.15) is 4.98 Å². The number of nitrogens with zero attached hydrogens (tertiary/aromatic N) is 2. The molecule has 6 nitrogen and oxygen atoms in total. The van der Waals surface area contributed by atoms with Gasteiger partial charge in [-0.15, -0.1) is 11.3 Å². The summed E-state index contributed by atoms with van der Waals surface area (Å²) < 4.78 is 58.9. The van der Waals surface area contributed by atoms with Crippen molar-refractivity contribution in [3.8, 4) is 10.8 Å². The highest BCUT2D eigenvalue weighted by molar-refractivity contribution is 7.92. The Morgan fingerprint density at radius 2 is 1.96 bits per heavy atom. The van der Waals surface area contributed by atoms with Crippen molar-refractivity contribution < 1.29 is 21.7 Å². The summed E-state index contributed by atoms with van der Waals surface area (Å²) in [5, 5.41) is 5.61. The maximum atomic E-state index is 13.3. The lowest BCUT2D eigenvalue weighted by Crippen LogP contribution is -2.15. The van der Waals surface area contributed by atoms with Gasteiger partial charge in [0.05, 0.1) is 11.4 Å². The van der Waals surface area contributed by atoms with Crippen molar-refractivity contribution in [2.75, 3.05) is 4.72 Å². The van der Waals surface area contributed by atoms with Crippen molar-refractivity contribution in [2.24, 2.45) is 0 Å². The molecular formula is C16H13F2N3O3S2. The van der Waals surface area contributed by atoms with Gasteiger partial charge >= 0.3 is 0 Å². The van der Waals surface area contributed by atoms with Gasteiger partial charge in [-0.25, -0.2) is 17.2 Å². The highest BCUT2D eigenvalue weighted by Crippen LogP contribution is 2.40. The fourth-order valence-electron chi connectivity index (χ4n) is 2.51. The van der Waals surface area contributed by atoms with Crippen LogP contribution in [0, 0.1) is 11.6 Å². The van der Waals surface area contributed by atoms with Gasteiger partial charge in [0.2, 0.25) is 10.0 Å². The number of aromatic nitrogens is 2. The molecule has 1 N–H and O–H groups in total. The average molecular weight is 397 g/mol. The summed E-state index contributed by atoms with van der Waals surface area (Å²) in [4.78, 5) is 4.81. The van der Waals surface area contributed by atoms with E-state index in [1.165, 1.54) is 11.3 Å². The first-order chi connectivity index (χ1) is 12.4. The lowest BCUT2D eigenvalue weighted by Gasteiger charge is -2.08. The van der Waals surface area contributed by atoms with Crippen molar-refractivity contribution in [3.05, 3.63) is 52.7 Å². The molecule has 0 saturated heterocycles. The molecule has 1 aromatic carbocycles. The third-order valence-electron chi connectivity index (χ3n) is 3.79. The SMILES string of the molecule is O=S(=O)(Cc1cc(F)cc(F)c1)Nc1ccsc1-c1nc(C2CC2)no1. The Balaban J connectivity index is 1.55.